The Morgan fingerprint density at radius 1 is 1.25 bits per heavy atom. The molecule has 1 aliphatic carbocycles. The van der Waals surface area contributed by atoms with Crippen LogP contribution in [0.3, 0.4) is 0 Å². The zero-order valence-corrected chi connectivity index (χ0v) is 13.0. The van der Waals surface area contributed by atoms with Crippen LogP contribution in [0.2, 0.25) is 0 Å². The van der Waals surface area contributed by atoms with Crippen LogP contribution in [0.1, 0.15) is 62.9 Å². The largest absolute Gasteiger partial charge is 0.378 e. The summed E-state index contributed by atoms with van der Waals surface area (Å²) in [5.41, 5.74) is 0.970. The van der Waals surface area contributed by atoms with E-state index in [1.807, 2.05) is 13.1 Å². The Morgan fingerprint density at radius 2 is 2.00 bits per heavy atom. The van der Waals surface area contributed by atoms with Gasteiger partial charge in [-0.15, -0.1) is 0 Å². The summed E-state index contributed by atoms with van der Waals surface area (Å²) in [4.78, 5) is 9.34. The van der Waals surface area contributed by atoms with Crippen molar-refractivity contribution in [2.45, 2.75) is 58.0 Å². The molecule has 2 rings (SSSR count). The van der Waals surface area contributed by atoms with Crippen LogP contribution in [0.5, 0.6) is 0 Å². The van der Waals surface area contributed by atoms with Crippen LogP contribution in [0.25, 0.3) is 0 Å². The van der Waals surface area contributed by atoms with Crippen LogP contribution in [-0.2, 0) is 11.3 Å². The number of rotatable bonds is 6. The van der Waals surface area contributed by atoms with Gasteiger partial charge in [-0.1, -0.05) is 19.8 Å². The molecular weight excluding hydrogens is 250 g/mol. The lowest BCUT2D eigenvalue weighted by molar-refractivity contribution is 0.181. The van der Waals surface area contributed by atoms with Crippen molar-refractivity contribution in [2.24, 2.45) is 5.92 Å². The SMILES string of the molecule is CCCC1CCC(c2nc(COC)cc(NC)n2)CC1. The molecular formula is C16H27N3O. The van der Waals surface area contributed by atoms with Crippen LogP contribution < -0.4 is 5.32 Å². The lowest BCUT2D eigenvalue weighted by Gasteiger charge is -2.27. The molecule has 0 aromatic carbocycles. The van der Waals surface area contributed by atoms with Gasteiger partial charge >= 0.3 is 0 Å². The molecule has 1 heterocycles. The third-order valence-corrected chi connectivity index (χ3v) is 4.25. The fourth-order valence-electron chi connectivity index (χ4n) is 3.17. The molecule has 0 aliphatic heterocycles. The van der Waals surface area contributed by atoms with Crippen LogP contribution in [0, 0.1) is 5.92 Å². The highest BCUT2D eigenvalue weighted by atomic mass is 16.5. The first-order valence-corrected chi connectivity index (χ1v) is 7.81. The van der Waals surface area contributed by atoms with Gasteiger partial charge in [-0.3, -0.25) is 0 Å². The van der Waals surface area contributed by atoms with E-state index in [2.05, 4.69) is 22.2 Å². The van der Waals surface area contributed by atoms with E-state index in [1.54, 1.807) is 7.11 Å². The lowest BCUT2D eigenvalue weighted by atomic mass is 9.80. The zero-order chi connectivity index (χ0) is 14.4. The van der Waals surface area contributed by atoms with Gasteiger partial charge in [0.1, 0.15) is 11.6 Å². The molecule has 0 atom stereocenters. The van der Waals surface area contributed by atoms with Crippen molar-refractivity contribution in [3.8, 4) is 0 Å². The van der Waals surface area contributed by atoms with Crippen molar-refractivity contribution in [2.75, 3.05) is 19.5 Å². The van der Waals surface area contributed by atoms with Crippen LogP contribution in [-0.4, -0.2) is 24.1 Å². The molecule has 1 saturated carbocycles. The van der Waals surface area contributed by atoms with Crippen molar-refractivity contribution in [1.82, 2.24) is 9.97 Å². The number of hydrogen-bond donors (Lipinski definition) is 1. The number of aromatic nitrogens is 2. The van der Waals surface area contributed by atoms with Crippen LogP contribution in [0.4, 0.5) is 5.82 Å². The van der Waals surface area contributed by atoms with E-state index in [0.29, 0.717) is 12.5 Å². The van der Waals surface area contributed by atoms with Gasteiger partial charge in [-0.05, 0) is 31.6 Å². The Hall–Kier alpha value is -1.16. The van der Waals surface area contributed by atoms with E-state index < -0.39 is 0 Å². The summed E-state index contributed by atoms with van der Waals surface area (Å²) in [6, 6.07) is 1.97. The maximum atomic E-state index is 5.20. The third kappa shape index (κ3) is 3.92. The maximum absolute atomic E-state index is 5.20. The van der Waals surface area contributed by atoms with Crippen molar-refractivity contribution in [1.29, 1.82) is 0 Å². The van der Waals surface area contributed by atoms with Gasteiger partial charge in [-0.2, -0.15) is 0 Å². The summed E-state index contributed by atoms with van der Waals surface area (Å²) in [5, 5.41) is 3.13. The highest BCUT2D eigenvalue weighted by Gasteiger charge is 2.24. The molecule has 112 valence electrons. The van der Waals surface area contributed by atoms with Gasteiger partial charge in [0.05, 0.1) is 12.3 Å². The molecule has 0 amide bonds. The number of hydrogen-bond acceptors (Lipinski definition) is 4. The Morgan fingerprint density at radius 3 is 2.60 bits per heavy atom. The minimum absolute atomic E-state index is 0.520. The average molecular weight is 277 g/mol. The molecule has 1 fully saturated rings. The van der Waals surface area contributed by atoms with Gasteiger partial charge in [0.25, 0.3) is 0 Å². The second kappa shape index (κ2) is 7.58. The first kappa shape index (κ1) is 15.2. The number of nitrogens with zero attached hydrogens (tertiary/aromatic N) is 2. The molecule has 1 aromatic heterocycles. The van der Waals surface area contributed by atoms with E-state index in [9.17, 15) is 0 Å². The van der Waals surface area contributed by atoms with Crippen molar-refractivity contribution in [3.05, 3.63) is 17.6 Å². The first-order chi connectivity index (χ1) is 9.76. The second-order valence-electron chi connectivity index (χ2n) is 5.79. The molecule has 0 spiro atoms. The second-order valence-corrected chi connectivity index (χ2v) is 5.79. The smallest absolute Gasteiger partial charge is 0.134 e. The minimum Gasteiger partial charge on any atom is -0.378 e. The Labute approximate surface area is 122 Å². The monoisotopic (exact) mass is 277 g/mol. The van der Waals surface area contributed by atoms with E-state index in [4.69, 9.17) is 4.74 Å². The third-order valence-electron chi connectivity index (χ3n) is 4.25. The van der Waals surface area contributed by atoms with Gasteiger partial charge in [0.15, 0.2) is 0 Å². The standard InChI is InChI=1S/C16H27N3O/c1-4-5-12-6-8-13(9-7-12)16-18-14(11-20-3)10-15(17-2)19-16/h10,12-13H,4-9,11H2,1-3H3,(H,17,18,19). The Balaban J connectivity index is 2.06. The average Bonchev–Trinajstić information content (AvgIpc) is 2.48. The van der Waals surface area contributed by atoms with E-state index >= 15 is 0 Å². The molecule has 20 heavy (non-hydrogen) atoms. The van der Waals surface area contributed by atoms with Gasteiger partial charge in [-0.25, -0.2) is 9.97 Å². The topological polar surface area (TPSA) is 47.0 Å². The molecule has 4 nitrogen and oxygen atoms in total. The highest BCUT2D eigenvalue weighted by Crippen LogP contribution is 2.36. The summed E-state index contributed by atoms with van der Waals surface area (Å²) < 4.78 is 5.20. The Bertz CT molecular complexity index is 414. The van der Waals surface area contributed by atoms with Gasteiger partial charge < -0.3 is 10.1 Å². The van der Waals surface area contributed by atoms with Crippen molar-refractivity contribution < 1.29 is 4.74 Å². The Kier molecular flexibility index (Phi) is 5.77. The van der Waals surface area contributed by atoms with Crippen molar-refractivity contribution >= 4 is 5.82 Å². The van der Waals surface area contributed by atoms with E-state index in [1.165, 1.54) is 38.5 Å². The van der Waals surface area contributed by atoms with Crippen molar-refractivity contribution in [3.63, 3.8) is 0 Å². The molecule has 1 aromatic rings. The van der Waals surface area contributed by atoms with Gasteiger partial charge in [0.2, 0.25) is 0 Å². The molecule has 0 unspecified atom stereocenters. The molecule has 0 bridgehead atoms. The number of anilines is 1. The fourth-order valence-corrected chi connectivity index (χ4v) is 3.17. The highest BCUT2D eigenvalue weighted by molar-refractivity contribution is 5.35. The zero-order valence-electron chi connectivity index (χ0n) is 13.0. The molecule has 0 radical (unpaired) electrons. The molecule has 0 saturated heterocycles. The summed E-state index contributed by atoms with van der Waals surface area (Å²) >= 11 is 0. The first-order valence-electron chi connectivity index (χ1n) is 7.81. The minimum atomic E-state index is 0.520. The maximum Gasteiger partial charge on any atom is 0.134 e. The quantitative estimate of drug-likeness (QED) is 0.860. The lowest BCUT2D eigenvalue weighted by Crippen LogP contribution is -2.16. The fraction of sp³-hybridized carbons (Fsp3) is 0.750. The molecule has 1 N–H and O–H groups in total. The predicted molar refractivity (Wildman–Crippen MR) is 81.9 cm³/mol. The molecule has 4 heteroatoms. The summed E-state index contributed by atoms with van der Waals surface area (Å²) in [5.74, 6) is 3.34. The van der Waals surface area contributed by atoms with Gasteiger partial charge in [0, 0.05) is 26.1 Å². The summed E-state index contributed by atoms with van der Waals surface area (Å²) in [6.07, 6.45) is 7.78. The molecule has 1 aliphatic rings. The van der Waals surface area contributed by atoms with E-state index in [-0.39, 0.29) is 0 Å². The van der Waals surface area contributed by atoms with Crippen LogP contribution in [0.15, 0.2) is 6.07 Å². The normalized spacial score (nSPS) is 22.8. The summed E-state index contributed by atoms with van der Waals surface area (Å²) in [7, 11) is 3.61. The number of nitrogens with one attached hydrogen (secondary N) is 1. The summed E-state index contributed by atoms with van der Waals surface area (Å²) in [6.45, 7) is 2.83. The predicted octanol–water partition coefficient (Wildman–Crippen LogP) is 3.74. The van der Waals surface area contributed by atoms with E-state index in [0.717, 1.165) is 23.3 Å². The number of ether oxygens (including phenoxy) is 1. The number of methoxy groups -OCH3 is 1. The van der Waals surface area contributed by atoms with Crippen LogP contribution >= 0.6 is 0 Å².